The van der Waals surface area contributed by atoms with Crippen molar-refractivity contribution in [3.8, 4) is 43.1 Å². The number of thiophene rings is 1. The predicted octanol–water partition coefficient (Wildman–Crippen LogP) is 21.8. The molecule has 0 radical (unpaired) electrons. The third-order valence-corrected chi connectivity index (χ3v) is 19.6. The van der Waals surface area contributed by atoms with Crippen LogP contribution < -0.4 is 9.91 Å². The lowest BCUT2D eigenvalue weighted by Crippen LogP contribution is -2.26. The summed E-state index contributed by atoms with van der Waals surface area (Å²) in [5.74, 6) is -1.71. The van der Waals surface area contributed by atoms with Gasteiger partial charge in [0.2, 0.25) is 0 Å². The van der Waals surface area contributed by atoms with Crippen LogP contribution in [0.4, 0.5) is 22.7 Å². The Morgan fingerprint density at radius 3 is 1.35 bits per heavy atom. The number of unbranched alkanes of at least 4 members (excludes halogenated alkanes) is 12. The Kier molecular flexibility index (Phi) is 18.4. The van der Waals surface area contributed by atoms with E-state index in [2.05, 4.69) is 159 Å². The number of carbonyl (C=O) groups excluding carboxylic acids is 1. The Balaban J connectivity index is 0.972. The Morgan fingerprint density at radius 1 is 0.476 bits per heavy atom. The van der Waals surface area contributed by atoms with Crippen molar-refractivity contribution in [1.29, 1.82) is 0 Å². The van der Waals surface area contributed by atoms with Crippen LogP contribution >= 0.6 is 11.3 Å². The monoisotopic (exact) mass is 1130 g/mol. The van der Waals surface area contributed by atoms with Gasteiger partial charge in [-0.05, 0) is 154 Å². The normalized spacial score (nSPS) is 14.8. The highest BCUT2D eigenvalue weighted by Crippen LogP contribution is 2.58. The van der Waals surface area contributed by atoms with Crippen molar-refractivity contribution in [2.45, 2.75) is 167 Å². The molecule has 0 fully saturated rings. The van der Waals surface area contributed by atoms with Crippen molar-refractivity contribution in [3.63, 3.8) is 0 Å². The minimum Gasteiger partial charge on any atom is -0.476 e. The van der Waals surface area contributed by atoms with Crippen molar-refractivity contribution in [1.82, 2.24) is 0 Å². The second kappa shape index (κ2) is 26.5. The molecule has 0 bridgehead atoms. The first-order chi connectivity index (χ1) is 41.2. The van der Waals surface area contributed by atoms with Crippen molar-refractivity contribution in [2.75, 3.05) is 9.91 Å². The van der Waals surface area contributed by atoms with E-state index < -0.39 is 11.9 Å². The summed E-state index contributed by atoms with van der Waals surface area (Å²) in [6.07, 6.45) is 26.3. The number of para-hydroxylation sites is 1. The van der Waals surface area contributed by atoms with Crippen LogP contribution in [-0.2, 0) is 20.4 Å². The summed E-state index contributed by atoms with van der Waals surface area (Å²) in [5, 5.41) is 15.4. The lowest BCUT2D eigenvalue weighted by Gasteiger charge is -2.35. The van der Waals surface area contributed by atoms with Gasteiger partial charge in [0.15, 0.2) is 5.71 Å². The molecule has 2 aliphatic carbocycles. The van der Waals surface area contributed by atoms with Crippen LogP contribution in [0.3, 0.4) is 0 Å². The maximum absolute atomic E-state index is 13.5. The summed E-state index contributed by atoms with van der Waals surface area (Å²) in [6.45, 7) is 9.31. The Bertz CT molecular complexity index is 3490. The highest BCUT2D eigenvalue weighted by atomic mass is 32.1. The SMILES string of the molecule is CCCCCCC1(CCCCCC)c2ccccc2-c2ccc(N(c3ccc(-c4ccc(-c5ccc(/C=C6\C(=O)N(c7ccccc7)N=C6C(=O)O)cc5)s4)cc3)c3ccc4c(c3)C(CCCCCC)(CCCCCC)c3ccccc3-4)cc21. The first-order valence-electron chi connectivity index (χ1n) is 31.7. The average molecular weight is 1130 g/mol. The van der Waals surface area contributed by atoms with Crippen molar-refractivity contribution < 1.29 is 14.7 Å². The zero-order valence-electron chi connectivity index (χ0n) is 50.0. The molecule has 1 amide bonds. The number of fused-ring (bicyclic) bond motifs is 6. The summed E-state index contributed by atoms with van der Waals surface area (Å²) in [6, 6.07) is 64.3. The van der Waals surface area contributed by atoms with E-state index in [4.69, 9.17) is 0 Å². The molecule has 0 atom stereocenters. The minimum atomic E-state index is -1.24. The number of carboxylic acid groups (broad SMARTS) is 1. The molecule has 8 aromatic rings. The topological polar surface area (TPSA) is 73.2 Å². The second-order valence-electron chi connectivity index (χ2n) is 23.9. The maximum atomic E-state index is 13.5. The van der Waals surface area contributed by atoms with Gasteiger partial charge in [0.25, 0.3) is 5.91 Å². The minimum absolute atomic E-state index is 0.0444. The number of carboxylic acids is 1. The van der Waals surface area contributed by atoms with Gasteiger partial charge in [-0.25, -0.2) is 4.79 Å². The number of aliphatic carboxylic acids is 1. The fourth-order valence-corrected chi connectivity index (χ4v) is 15.2. The Morgan fingerprint density at radius 2 is 0.893 bits per heavy atom. The Hall–Kier alpha value is -7.61. The van der Waals surface area contributed by atoms with Crippen LogP contribution in [-0.4, -0.2) is 22.7 Å². The van der Waals surface area contributed by atoms with Gasteiger partial charge in [-0.3, -0.25) is 4.79 Å². The molecule has 3 aliphatic rings. The fourth-order valence-electron chi connectivity index (χ4n) is 14.1. The summed E-state index contributed by atoms with van der Waals surface area (Å²) in [5.41, 5.74) is 18.4. The van der Waals surface area contributed by atoms with Crippen LogP contribution in [0, 0.1) is 0 Å². The first kappa shape index (κ1) is 58.2. The van der Waals surface area contributed by atoms with Crippen molar-refractivity contribution >= 4 is 57.8 Å². The van der Waals surface area contributed by atoms with Gasteiger partial charge >= 0.3 is 5.97 Å². The Labute approximate surface area is 504 Å². The predicted molar refractivity (Wildman–Crippen MR) is 354 cm³/mol. The number of nitrogens with zero attached hydrogens (tertiary/aromatic N) is 3. The van der Waals surface area contributed by atoms with Crippen LogP contribution in [0.15, 0.2) is 187 Å². The number of hydrogen-bond acceptors (Lipinski definition) is 5. The number of anilines is 4. The highest BCUT2D eigenvalue weighted by molar-refractivity contribution is 7.18. The van der Waals surface area contributed by atoms with E-state index in [0.29, 0.717) is 5.69 Å². The summed E-state index contributed by atoms with van der Waals surface area (Å²) < 4.78 is 0. The van der Waals surface area contributed by atoms with Crippen LogP contribution in [0.5, 0.6) is 0 Å². The molecule has 2 heterocycles. The zero-order chi connectivity index (χ0) is 58.0. The van der Waals surface area contributed by atoms with E-state index in [1.54, 1.807) is 41.7 Å². The number of amides is 1. The second-order valence-corrected chi connectivity index (χ2v) is 25.0. The molecule has 0 saturated carbocycles. The smallest absolute Gasteiger partial charge is 0.357 e. The molecule has 1 aliphatic heterocycles. The molecule has 7 aromatic carbocycles. The molecule has 84 heavy (non-hydrogen) atoms. The molecule has 1 aromatic heterocycles. The van der Waals surface area contributed by atoms with Gasteiger partial charge in [0.05, 0.1) is 11.3 Å². The number of hydrazone groups is 1. The quantitative estimate of drug-likeness (QED) is 0.0392. The zero-order valence-corrected chi connectivity index (χ0v) is 50.8. The number of rotatable bonds is 28. The lowest BCUT2D eigenvalue weighted by molar-refractivity contribution is -0.129. The van der Waals surface area contributed by atoms with Crippen molar-refractivity contribution in [2.24, 2.45) is 5.10 Å². The molecule has 430 valence electrons. The van der Waals surface area contributed by atoms with E-state index in [-0.39, 0.29) is 22.1 Å². The summed E-state index contributed by atoms with van der Waals surface area (Å²) in [7, 11) is 0. The van der Waals surface area contributed by atoms with Gasteiger partial charge in [-0.2, -0.15) is 10.1 Å². The fraction of sp³-hybridized carbons (Fsp3) is 0.338. The third-order valence-electron chi connectivity index (χ3n) is 18.5. The van der Waals surface area contributed by atoms with Crippen LogP contribution in [0.1, 0.15) is 184 Å². The largest absolute Gasteiger partial charge is 0.476 e. The molecular weight excluding hydrogens is 1050 g/mol. The molecule has 0 unspecified atom stereocenters. The number of carbonyl (C=O) groups is 2. The third kappa shape index (κ3) is 11.7. The van der Waals surface area contributed by atoms with E-state index in [0.717, 1.165) is 32.3 Å². The van der Waals surface area contributed by atoms with E-state index >= 15 is 0 Å². The number of benzene rings is 7. The van der Waals surface area contributed by atoms with E-state index in [9.17, 15) is 14.7 Å². The van der Waals surface area contributed by atoms with Gasteiger partial charge in [-0.15, -0.1) is 11.3 Å². The summed E-state index contributed by atoms with van der Waals surface area (Å²) >= 11 is 1.75. The average Bonchev–Trinajstić information content (AvgIpc) is 2.81. The molecule has 0 saturated heterocycles. The molecule has 6 nitrogen and oxygen atoms in total. The lowest BCUT2D eigenvalue weighted by atomic mass is 9.70. The van der Waals surface area contributed by atoms with Crippen LogP contribution in [0.25, 0.3) is 49.2 Å². The van der Waals surface area contributed by atoms with E-state index in [1.807, 2.05) is 30.3 Å². The van der Waals surface area contributed by atoms with Crippen molar-refractivity contribution in [3.05, 3.63) is 209 Å². The summed E-state index contributed by atoms with van der Waals surface area (Å²) in [4.78, 5) is 30.7. The molecule has 7 heteroatoms. The molecule has 0 spiro atoms. The molecule has 11 rings (SSSR count). The van der Waals surface area contributed by atoms with Crippen LogP contribution in [0.2, 0.25) is 0 Å². The number of hydrogen-bond donors (Lipinski definition) is 1. The molecular formula is C77H83N3O3S. The maximum Gasteiger partial charge on any atom is 0.357 e. The van der Waals surface area contributed by atoms with Gasteiger partial charge in [-0.1, -0.05) is 246 Å². The van der Waals surface area contributed by atoms with E-state index in [1.165, 1.54) is 189 Å². The standard InChI is InChI=1S/C77H83N3O3S/c1-5-9-13-24-48-76(49-25-14-10-6-2)67-32-22-20-30-62(67)64-44-42-60(53-69(64)76)79(61-43-45-65-63-31-21-23-33-68(63)77(70(65)54-61,50-26-15-11-7-3)51-27-16-12-8-4)58-40-38-57(39-41-58)72-47-46-71(84-72)56-36-34-55(35-37-56)52-66-73(75(82)83)78-80(74(66)81)59-28-18-17-19-29-59/h17-23,28-47,52-54H,5-16,24-27,48-51H2,1-4H3,(H,82,83)/b66-52-. The first-order valence-corrected chi connectivity index (χ1v) is 32.6. The molecule has 1 N–H and O–H groups in total. The highest BCUT2D eigenvalue weighted by Gasteiger charge is 2.45. The van der Waals surface area contributed by atoms with Gasteiger partial charge in [0.1, 0.15) is 0 Å². The van der Waals surface area contributed by atoms with Gasteiger partial charge < -0.3 is 10.0 Å². The van der Waals surface area contributed by atoms with Gasteiger partial charge in [0, 0.05) is 37.6 Å².